The van der Waals surface area contributed by atoms with E-state index in [4.69, 9.17) is 0 Å². The Kier molecular flexibility index (Phi) is 3.37. The second-order valence-corrected chi connectivity index (χ2v) is 5.42. The summed E-state index contributed by atoms with van der Waals surface area (Å²) in [6.07, 6.45) is 1.68. The Morgan fingerprint density at radius 3 is 2.86 bits per heavy atom. The molecule has 21 heavy (non-hydrogen) atoms. The maximum Gasteiger partial charge on any atom is 0.335 e. The lowest BCUT2D eigenvalue weighted by molar-refractivity contribution is 0.0696. The molecule has 0 bridgehead atoms. The molecule has 1 N–H and O–H groups in total. The molecule has 1 unspecified atom stereocenters. The van der Waals surface area contributed by atoms with E-state index in [2.05, 4.69) is 28.9 Å². The zero-order valence-electron chi connectivity index (χ0n) is 12.2. The van der Waals surface area contributed by atoms with Gasteiger partial charge in [0.15, 0.2) is 0 Å². The summed E-state index contributed by atoms with van der Waals surface area (Å²) >= 11 is 0. The van der Waals surface area contributed by atoms with Crippen LogP contribution in [0, 0.1) is 0 Å². The van der Waals surface area contributed by atoms with Crippen LogP contribution in [0.25, 0.3) is 0 Å². The quantitative estimate of drug-likeness (QED) is 0.937. The van der Waals surface area contributed by atoms with Gasteiger partial charge in [-0.25, -0.2) is 9.78 Å². The van der Waals surface area contributed by atoms with Gasteiger partial charge in [0, 0.05) is 17.4 Å². The molecule has 1 atom stereocenters. The molecule has 108 valence electrons. The smallest absolute Gasteiger partial charge is 0.335 e. The average Bonchev–Trinajstić information content (AvgIpc) is 2.82. The fourth-order valence-electron chi connectivity index (χ4n) is 2.91. The number of rotatable bonds is 3. The number of nitrogens with zero attached hydrogens (tertiary/aromatic N) is 2. The lowest BCUT2D eigenvalue weighted by Gasteiger charge is -2.24. The van der Waals surface area contributed by atoms with Crippen molar-refractivity contribution in [2.45, 2.75) is 32.7 Å². The Morgan fingerprint density at radius 2 is 2.14 bits per heavy atom. The van der Waals surface area contributed by atoms with E-state index in [0.717, 1.165) is 30.0 Å². The number of pyridine rings is 1. The first-order valence-electron chi connectivity index (χ1n) is 7.21. The van der Waals surface area contributed by atoms with Crippen molar-refractivity contribution in [3.8, 4) is 0 Å². The molecule has 0 amide bonds. The molecule has 0 spiro atoms. The Bertz CT molecular complexity index is 697. The van der Waals surface area contributed by atoms with Crippen molar-refractivity contribution in [1.82, 2.24) is 4.98 Å². The number of carbonyl (C=O) groups is 1. The molecule has 0 saturated heterocycles. The molecule has 3 rings (SSSR count). The van der Waals surface area contributed by atoms with Gasteiger partial charge in [0.1, 0.15) is 5.82 Å². The van der Waals surface area contributed by atoms with Crippen LogP contribution in [0.2, 0.25) is 0 Å². The number of para-hydroxylation sites is 1. The van der Waals surface area contributed by atoms with E-state index in [9.17, 15) is 9.90 Å². The summed E-state index contributed by atoms with van der Waals surface area (Å²) in [7, 11) is 0. The number of carboxylic acid groups (broad SMARTS) is 1. The van der Waals surface area contributed by atoms with Crippen LogP contribution >= 0.6 is 0 Å². The predicted octanol–water partition coefficient (Wildman–Crippen LogP) is 3.42. The first-order valence-corrected chi connectivity index (χ1v) is 7.21. The normalized spacial score (nSPS) is 16.9. The number of aromatic carboxylic acids is 1. The Labute approximate surface area is 124 Å². The molecule has 4 heteroatoms. The highest BCUT2D eigenvalue weighted by Crippen LogP contribution is 2.37. The van der Waals surface area contributed by atoms with Crippen molar-refractivity contribution >= 4 is 17.5 Å². The Morgan fingerprint density at radius 1 is 1.38 bits per heavy atom. The van der Waals surface area contributed by atoms with Crippen molar-refractivity contribution in [2.75, 3.05) is 4.90 Å². The number of hydrogen-bond acceptors (Lipinski definition) is 3. The maximum absolute atomic E-state index is 11.3. The molecule has 1 aliphatic heterocycles. The fourth-order valence-corrected chi connectivity index (χ4v) is 2.91. The molecular weight excluding hydrogens is 264 g/mol. The van der Waals surface area contributed by atoms with Crippen molar-refractivity contribution in [1.29, 1.82) is 0 Å². The van der Waals surface area contributed by atoms with Crippen molar-refractivity contribution in [2.24, 2.45) is 0 Å². The minimum absolute atomic E-state index is 0.281. The summed E-state index contributed by atoms with van der Waals surface area (Å²) in [5.41, 5.74) is 3.52. The van der Waals surface area contributed by atoms with Gasteiger partial charge in [-0.2, -0.15) is 0 Å². The van der Waals surface area contributed by atoms with Crippen LogP contribution < -0.4 is 4.90 Å². The molecule has 0 aliphatic carbocycles. The zero-order chi connectivity index (χ0) is 15.0. The molecule has 4 nitrogen and oxygen atoms in total. The lowest BCUT2D eigenvalue weighted by Crippen LogP contribution is -2.25. The number of benzene rings is 1. The van der Waals surface area contributed by atoms with Gasteiger partial charge in [0.05, 0.1) is 5.56 Å². The Hall–Kier alpha value is -2.36. The molecule has 2 heterocycles. The second kappa shape index (κ2) is 5.20. The molecule has 0 radical (unpaired) electrons. The first-order chi connectivity index (χ1) is 10.1. The molecule has 0 saturated carbocycles. The fraction of sp³-hybridized carbons (Fsp3) is 0.294. The number of hydrogen-bond donors (Lipinski definition) is 1. The van der Waals surface area contributed by atoms with E-state index in [0.29, 0.717) is 5.56 Å². The number of aryl methyl sites for hydroxylation is 1. The van der Waals surface area contributed by atoms with E-state index >= 15 is 0 Å². The highest BCUT2D eigenvalue weighted by Gasteiger charge is 2.28. The van der Waals surface area contributed by atoms with Crippen LogP contribution in [-0.2, 0) is 12.8 Å². The maximum atomic E-state index is 11.3. The van der Waals surface area contributed by atoms with Gasteiger partial charge >= 0.3 is 5.97 Å². The summed E-state index contributed by atoms with van der Waals surface area (Å²) in [6, 6.07) is 11.8. The van der Waals surface area contributed by atoms with Gasteiger partial charge in [-0.05, 0) is 43.5 Å². The second-order valence-electron chi connectivity index (χ2n) is 5.42. The Balaban J connectivity index is 2.12. The largest absolute Gasteiger partial charge is 0.478 e. The van der Waals surface area contributed by atoms with Crippen LogP contribution in [0.4, 0.5) is 11.5 Å². The number of anilines is 2. The van der Waals surface area contributed by atoms with Crippen LogP contribution in [0.5, 0.6) is 0 Å². The van der Waals surface area contributed by atoms with Crippen LogP contribution in [0.3, 0.4) is 0 Å². The topological polar surface area (TPSA) is 53.4 Å². The van der Waals surface area contributed by atoms with E-state index in [1.807, 2.05) is 19.1 Å². The number of fused-ring (bicyclic) bond motifs is 1. The minimum Gasteiger partial charge on any atom is -0.478 e. The summed E-state index contributed by atoms with van der Waals surface area (Å²) < 4.78 is 0. The summed E-state index contributed by atoms with van der Waals surface area (Å²) in [4.78, 5) is 18.1. The SMILES string of the molecule is CCc1cc(C(=O)O)cc(N2c3ccccc3CC2C)n1. The monoisotopic (exact) mass is 282 g/mol. The molecular formula is C17H18N2O2. The number of aromatic nitrogens is 1. The van der Waals surface area contributed by atoms with Gasteiger partial charge in [-0.1, -0.05) is 25.1 Å². The third-order valence-electron chi connectivity index (χ3n) is 3.93. The van der Waals surface area contributed by atoms with E-state index in [1.165, 1.54) is 5.56 Å². The van der Waals surface area contributed by atoms with Crippen LogP contribution in [0.1, 0.15) is 35.5 Å². The third-order valence-corrected chi connectivity index (χ3v) is 3.93. The van der Waals surface area contributed by atoms with Crippen LogP contribution in [0.15, 0.2) is 36.4 Å². The van der Waals surface area contributed by atoms with Gasteiger partial charge in [0.25, 0.3) is 0 Å². The predicted molar refractivity (Wildman–Crippen MR) is 82.3 cm³/mol. The molecule has 0 fully saturated rings. The zero-order valence-corrected chi connectivity index (χ0v) is 12.2. The van der Waals surface area contributed by atoms with E-state index in [1.54, 1.807) is 12.1 Å². The van der Waals surface area contributed by atoms with Gasteiger partial charge in [-0.3, -0.25) is 0 Å². The standard InChI is InChI=1S/C17H18N2O2/c1-3-14-9-13(17(20)21)10-16(18-14)19-11(2)8-12-6-4-5-7-15(12)19/h4-7,9-11H,3,8H2,1-2H3,(H,20,21). The third kappa shape index (κ3) is 2.37. The van der Waals surface area contributed by atoms with Crippen molar-refractivity contribution in [3.05, 3.63) is 53.2 Å². The molecule has 1 aromatic heterocycles. The molecule has 1 aliphatic rings. The summed E-state index contributed by atoms with van der Waals surface area (Å²) in [6.45, 7) is 4.12. The molecule has 2 aromatic rings. The van der Waals surface area contributed by atoms with Gasteiger partial charge in [0.2, 0.25) is 0 Å². The highest BCUT2D eigenvalue weighted by molar-refractivity contribution is 5.89. The van der Waals surface area contributed by atoms with Gasteiger partial charge in [-0.15, -0.1) is 0 Å². The minimum atomic E-state index is -0.909. The van der Waals surface area contributed by atoms with Crippen LogP contribution in [-0.4, -0.2) is 22.1 Å². The van der Waals surface area contributed by atoms with Crippen molar-refractivity contribution < 1.29 is 9.90 Å². The van der Waals surface area contributed by atoms with Gasteiger partial charge < -0.3 is 10.0 Å². The molecule has 1 aromatic carbocycles. The summed E-state index contributed by atoms with van der Waals surface area (Å²) in [5, 5.41) is 9.29. The lowest BCUT2D eigenvalue weighted by atomic mass is 10.1. The number of carboxylic acids is 1. The van der Waals surface area contributed by atoms with E-state index < -0.39 is 5.97 Å². The first kappa shape index (κ1) is 13.6. The summed E-state index contributed by atoms with van der Waals surface area (Å²) in [5.74, 6) is -0.183. The average molecular weight is 282 g/mol. The van der Waals surface area contributed by atoms with Crippen molar-refractivity contribution in [3.63, 3.8) is 0 Å². The van der Waals surface area contributed by atoms with E-state index in [-0.39, 0.29) is 6.04 Å². The highest BCUT2D eigenvalue weighted by atomic mass is 16.4.